The largest absolute Gasteiger partial charge is 0.335 e. The lowest BCUT2D eigenvalue weighted by Crippen LogP contribution is -2.38. The number of hydrogen-bond acceptors (Lipinski definition) is 3. The van der Waals surface area contributed by atoms with Crippen molar-refractivity contribution in [3.63, 3.8) is 0 Å². The second-order valence-electron chi connectivity index (χ2n) is 6.77. The number of rotatable bonds is 6. The number of amides is 2. The number of hydrogen-bond donors (Lipinski definition) is 1. The number of likely N-dealkylation sites (N-methyl/N-ethyl adjacent to an activating group) is 1. The minimum atomic E-state index is -0.305. The Kier molecular flexibility index (Phi) is 5.63. The van der Waals surface area contributed by atoms with Gasteiger partial charge < -0.3 is 10.2 Å². The molecule has 2 aromatic carbocycles. The summed E-state index contributed by atoms with van der Waals surface area (Å²) in [4.78, 5) is 38.8. The number of anilines is 1. The highest BCUT2D eigenvalue weighted by atomic mass is 16.2. The molecular weight excluding hydrogens is 356 g/mol. The third-order valence-electron chi connectivity index (χ3n) is 4.68. The predicted molar refractivity (Wildman–Crippen MR) is 109 cm³/mol. The summed E-state index contributed by atoms with van der Waals surface area (Å²) in [5.41, 5.74) is 3.05. The Balaban J connectivity index is 1.70. The second-order valence-corrected chi connectivity index (χ2v) is 6.77. The van der Waals surface area contributed by atoms with Crippen LogP contribution in [-0.4, -0.2) is 39.4 Å². The smallest absolute Gasteiger partial charge is 0.329 e. The van der Waals surface area contributed by atoms with Crippen LogP contribution in [0.5, 0.6) is 0 Å². The van der Waals surface area contributed by atoms with Gasteiger partial charge in [-0.1, -0.05) is 29.8 Å². The first-order valence-corrected chi connectivity index (χ1v) is 9.19. The van der Waals surface area contributed by atoms with Gasteiger partial charge in [-0.3, -0.25) is 18.7 Å². The maximum atomic E-state index is 12.6. The van der Waals surface area contributed by atoms with Crippen LogP contribution in [0, 0.1) is 6.92 Å². The van der Waals surface area contributed by atoms with Gasteiger partial charge in [-0.05, 0) is 38.1 Å². The molecule has 1 aromatic heterocycles. The van der Waals surface area contributed by atoms with Crippen LogP contribution in [0.3, 0.4) is 0 Å². The van der Waals surface area contributed by atoms with Crippen LogP contribution < -0.4 is 11.0 Å². The van der Waals surface area contributed by atoms with Gasteiger partial charge >= 0.3 is 5.69 Å². The van der Waals surface area contributed by atoms with Gasteiger partial charge in [0.1, 0.15) is 6.54 Å². The third-order valence-corrected chi connectivity index (χ3v) is 4.68. The summed E-state index contributed by atoms with van der Waals surface area (Å²) in [6.07, 6.45) is 0. The summed E-state index contributed by atoms with van der Waals surface area (Å²) in [6.45, 7) is 4.18. The molecule has 3 rings (SSSR count). The average Bonchev–Trinajstić information content (AvgIpc) is 2.94. The molecule has 0 radical (unpaired) electrons. The first-order chi connectivity index (χ1) is 13.4. The van der Waals surface area contributed by atoms with E-state index in [1.807, 2.05) is 62.4 Å². The molecular formula is C21H24N4O3. The molecule has 0 saturated carbocycles. The monoisotopic (exact) mass is 380 g/mol. The maximum absolute atomic E-state index is 12.6. The summed E-state index contributed by atoms with van der Waals surface area (Å²) in [6, 6.07) is 14.8. The van der Waals surface area contributed by atoms with Crippen molar-refractivity contribution in [1.82, 2.24) is 14.0 Å². The molecule has 0 bridgehead atoms. The van der Waals surface area contributed by atoms with Crippen LogP contribution in [0.1, 0.15) is 12.5 Å². The molecule has 0 aliphatic carbocycles. The Morgan fingerprint density at radius 2 is 1.61 bits per heavy atom. The highest BCUT2D eigenvalue weighted by molar-refractivity contribution is 5.94. The van der Waals surface area contributed by atoms with Crippen molar-refractivity contribution in [2.24, 2.45) is 0 Å². The Morgan fingerprint density at radius 1 is 1.00 bits per heavy atom. The highest BCUT2D eigenvalue weighted by Gasteiger charge is 2.18. The van der Waals surface area contributed by atoms with E-state index in [2.05, 4.69) is 5.32 Å². The number of para-hydroxylation sites is 2. The van der Waals surface area contributed by atoms with E-state index in [-0.39, 0.29) is 30.6 Å². The molecule has 7 heteroatoms. The normalized spacial score (nSPS) is 10.8. The maximum Gasteiger partial charge on any atom is 0.329 e. The molecule has 0 unspecified atom stereocenters. The van der Waals surface area contributed by atoms with E-state index in [1.54, 1.807) is 11.6 Å². The van der Waals surface area contributed by atoms with Gasteiger partial charge in [0, 0.05) is 19.3 Å². The van der Waals surface area contributed by atoms with E-state index >= 15 is 0 Å². The molecule has 0 saturated heterocycles. The number of carbonyl (C=O) groups is 2. The van der Waals surface area contributed by atoms with Crippen molar-refractivity contribution < 1.29 is 9.59 Å². The number of carbonyl (C=O) groups excluding carboxylic acids is 2. The summed E-state index contributed by atoms with van der Waals surface area (Å²) < 4.78 is 3.09. The van der Waals surface area contributed by atoms with Crippen LogP contribution in [0.2, 0.25) is 0 Å². The fourth-order valence-corrected chi connectivity index (χ4v) is 3.13. The fourth-order valence-electron chi connectivity index (χ4n) is 3.13. The van der Waals surface area contributed by atoms with Gasteiger partial charge in [0.2, 0.25) is 11.8 Å². The lowest BCUT2D eigenvalue weighted by molar-refractivity contribution is -0.133. The molecule has 0 spiro atoms. The number of benzene rings is 2. The Labute approximate surface area is 163 Å². The van der Waals surface area contributed by atoms with Crippen LogP contribution in [0.15, 0.2) is 53.3 Å². The predicted octanol–water partition coefficient (Wildman–Crippen LogP) is 2.23. The molecule has 2 amide bonds. The molecule has 0 aliphatic heterocycles. The molecule has 3 aromatic rings. The van der Waals surface area contributed by atoms with E-state index in [4.69, 9.17) is 0 Å². The summed E-state index contributed by atoms with van der Waals surface area (Å²) in [5.74, 6) is -0.594. The van der Waals surface area contributed by atoms with Crippen molar-refractivity contribution in [3.05, 3.63) is 64.6 Å². The van der Waals surface area contributed by atoms with Crippen LogP contribution in [0.4, 0.5) is 5.69 Å². The van der Waals surface area contributed by atoms with Crippen LogP contribution >= 0.6 is 0 Å². The van der Waals surface area contributed by atoms with E-state index in [9.17, 15) is 14.4 Å². The van der Waals surface area contributed by atoms with Crippen LogP contribution in [0.25, 0.3) is 11.0 Å². The molecule has 0 aliphatic rings. The molecule has 0 fully saturated rings. The van der Waals surface area contributed by atoms with E-state index in [1.165, 1.54) is 9.47 Å². The number of aromatic nitrogens is 2. The average molecular weight is 380 g/mol. The summed E-state index contributed by atoms with van der Waals surface area (Å²) in [5, 5.41) is 2.77. The summed E-state index contributed by atoms with van der Waals surface area (Å²) in [7, 11) is 1.56. The molecule has 1 N–H and O–H groups in total. The van der Waals surface area contributed by atoms with E-state index in [0.29, 0.717) is 17.7 Å². The minimum Gasteiger partial charge on any atom is -0.335 e. The zero-order valence-electron chi connectivity index (χ0n) is 16.3. The molecule has 7 nitrogen and oxygen atoms in total. The van der Waals surface area contributed by atoms with Crippen molar-refractivity contribution in [1.29, 1.82) is 0 Å². The minimum absolute atomic E-state index is 0.0894. The number of fused-ring (bicyclic) bond motifs is 1. The van der Waals surface area contributed by atoms with Gasteiger partial charge in [-0.2, -0.15) is 0 Å². The number of nitrogens with one attached hydrogen (secondary N) is 1. The second kappa shape index (κ2) is 8.12. The SMILES string of the molecule is CCn1c(=O)n(CC(=O)N(C)CC(=O)Nc2ccc(C)cc2)c2ccccc21. The van der Waals surface area contributed by atoms with Crippen molar-refractivity contribution in [3.8, 4) is 0 Å². The molecule has 28 heavy (non-hydrogen) atoms. The third kappa shape index (κ3) is 3.98. The Hall–Kier alpha value is -3.35. The van der Waals surface area contributed by atoms with Gasteiger partial charge in [-0.15, -0.1) is 0 Å². The Bertz CT molecular complexity index is 1060. The van der Waals surface area contributed by atoms with Gasteiger partial charge in [0.15, 0.2) is 0 Å². The van der Waals surface area contributed by atoms with E-state index in [0.717, 1.165) is 11.1 Å². The number of imidazole rings is 1. The first kappa shape index (κ1) is 19.4. The zero-order valence-corrected chi connectivity index (χ0v) is 16.3. The van der Waals surface area contributed by atoms with Crippen LogP contribution in [-0.2, 0) is 22.7 Å². The zero-order chi connectivity index (χ0) is 20.3. The first-order valence-electron chi connectivity index (χ1n) is 9.19. The van der Waals surface area contributed by atoms with E-state index < -0.39 is 0 Å². The molecule has 146 valence electrons. The van der Waals surface area contributed by atoms with Crippen molar-refractivity contribution in [2.45, 2.75) is 26.9 Å². The Morgan fingerprint density at radius 3 is 2.21 bits per heavy atom. The lowest BCUT2D eigenvalue weighted by atomic mass is 10.2. The van der Waals surface area contributed by atoms with Crippen molar-refractivity contribution >= 4 is 28.5 Å². The van der Waals surface area contributed by atoms with Gasteiger partial charge in [0.25, 0.3) is 0 Å². The molecule has 1 heterocycles. The highest BCUT2D eigenvalue weighted by Crippen LogP contribution is 2.13. The van der Waals surface area contributed by atoms with Gasteiger partial charge in [-0.25, -0.2) is 4.79 Å². The quantitative estimate of drug-likeness (QED) is 0.712. The number of nitrogens with zero attached hydrogens (tertiary/aromatic N) is 3. The summed E-state index contributed by atoms with van der Waals surface area (Å²) >= 11 is 0. The molecule has 0 atom stereocenters. The fraction of sp³-hybridized carbons (Fsp3) is 0.286. The standard InChI is InChI=1S/C21H24N4O3/c1-4-24-17-7-5-6-8-18(17)25(21(24)28)14-20(27)23(3)13-19(26)22-16-11-9-15(2)10-12-16/h5-12H,4,13-14H2,1-3H3,(H,22,26). The topological polar surface area (TPSA) is 76.3 Å². The lowest BCUT2D eigenvalue weighted by Gasteiger charge is -2.17. The number of aryl methyl sites for hydroxylation is 2. The van der Waals surface area contributed by atoms with Crippen molar-refractivity contribution in [2.75, 3.05) is 18.9 Å². The van der Waals surface area contributed by atoms with Gasteiger partial charge in [0.05, 0.1) is 17.6 Å².